The highest BCUT2D eigenvalue weighted by atomic mass is 15.1. The number of hydrogen-bond donors (Lipinski definition) is 0. The molecule has 3 aliphatic heterocycles. The molecular formula is C19H14N2. The summed E-state index contributed by atoms with van der Waals surface area (Å²) in [4.78, 5) is 7.14. The average molecular weight is 270 g/mol. The van der Waals surface area contributed by atoms with Crippen LogP contribution in [0.1, 0.15) is 17.9 Å². The molecule has 0 fully saturated rings. The highest BCUT2D eigenvalue weighted by Gasteiger charge is 2.35. The first-order valence-electron chi connectivity index (χ1n) is 7.35. The summed E-state index contributed by atoms with van der Waals surface area (Å²) in [7, 11) is 0. The molecule has 0 bridgehead atoms. The van der Waals surface area contributed by atoms with Crippen molar-refractivity contribution < 1.29 is 0 Å². The number of allylic oxidation sites excluding steroid dienone is 8. The zero-order chi connectivity index (χ0) is 13.8. The van der Waals surface area contributed by atoms with Crippen LogP contribution in [0.5, 0.6) is 0 Å². The smallest absolute Gasteiger partial charge is 0.0768 e. The van der Waals surface area contributed by atoms with E-state index in [4.69, 9.17) is 4.99 Å². The molecule has 3 heterocycles. The Morgan fingerprint density at radius 2 is 2.10 bits per heavy atom. The third-order valence-corrected chi connectivity index (χ3v) is 4.53. The second-order valence-electron chi connectivity index (χ2n) is 5.68. The van der Waals surface area contributed by atoms with Crippen LogP contribution in [0, 0.1) is 0 Å². The molecule has 0 saturated carbocycles. The first-order valence-corrected chi connectivity index (χ1v) is 7.35. The van der Waals surface area contributed by atoms with Gasteiger partial charge < -0.3 is 4.90 Å². The number of fused-ring (bicyclic) bond motifs is 6. The summed E-state index contributed by atoms with van der Waals surface area (Å²) < 4.78 is 0. The summed E-state index contributed by atoms with van der Waals surface area (Å²) in [5, 5.41) is 0. The number of hydrogen-bond acceptors (Lipinski definition) is 2. The van der Waals surface area contributed by atoms with E-state index in [2.05, 4.69) is 71.9 Å². The van der Waals surface area contributed by atoms with E-state index in [1.54, 1.807) is 0 Å². The van der Waals surface area contributed by atoms with E-state index in [0.717, 1.165) is 12.1 Å². The van der Waals surface area contributed by atoms with Crippen molar-refractivity contribution in [2.24, 2.45) is 4.99 Å². The van der Waals surface area contributed by atoms with Crippen LogP contribution in [0.2, 0.25) is 0 Å². The van der Waals surface area contributed by atoms with Crippen molar-refractivity contribution in [2.75, 3.05) is 0 Å². The molecule has 5 rings (SSSR count). The van der Waals surface area contributed by atoms with Crippen molar-refractivity contribution >= 4 is 11.4 Å². The van der Waals surface area contributed by atoms with E-state index in [1.165, 1.54) is 28.1 Å². The van der Waals surface area contributed by atoms with E-state index in [9.17, 15) is 0 Å². The van der Waals surface area contributed by atoms with E-state index in [0.29, 0.717) is 5.92 Å². The number of rotatable bonds is 0. The molecule has 0 N–H and O–H groups in total. The molecule has 100 valence electrons. The van der Waals surface area contributed by atoms with E-state index < -0.39 is 0 Å². The van der Waals surface area contributed by atoms with Gasteiger partial charge in [-0.25, -0.2) is 4.99 Å². The minimum Gasteiger partial charge on any atom is -0.322 e. The first kappa shape index (κ1) is 11.1. The quantitative estimate of drug-likeness (QED) is 0.684. The monoisotopic (exact) mass is 270 g/mol. The van der Waals surface area contributed by atoms with Crippen molar-refractivity contribution in [1.29, 1.82) is 0 Å². The van der Waals surface area contributed by atoms with Gasteiger partial charge in [-0.1, -0.05) is 42.5 Å². The molecule has 0 saturated heterocycles. The highest BCUT2D eigenvalue weighted by Crippen LogP contribution is 2.44. The molecule has 1 unspecified atom stereocenters. The van der Waals surface area contributed by atoms with Crippen LogP contribution < -0.4 is 0 Å². The lowest BCUT2D eigenvalue weighted by Gasteiger charge is -2.33. The zero-order valence-electron chi connectivity index (χ0n) is 11.5. The number of para-hydroxylation sites is 1. The Kier molecular flexibility index (Phi) is 2.09. The van der Waals surface area contributed by atoms with Crippen LogP contribution in [0.25, 0.3) is 0 Å². The standard InChI is InChI=1S/C19H14N2/c1-2-6-14-13(5-1)9-11-21-12-10-16-15-7-3-4-8-17(15)20-18(16)19(14)21/h1-5,7-12,16H,6H2. The topological polar surface area (TPSA) is 15.6 Å². The Balaban J connectivity index is 1.75. The van der Waals surface area contributed by atoms with Gasteiger partial charge >= 0.3 is 0 Å². The van der Waals surface area contributed by atoms with Crippen LogP contribution in [0.15, 0.2) is 88.9 Å². The van der Waals surface area contributed by atoms with Crippen LogP contribution in [0.3, 0.4) is 0 Å². The van der Waals surface area contributed by atoms with Crippen molar-refractivity contribution in [2.45, 2.75) is 12.3 Å². The maximum Gasteiger partial charge on any atom is 0.0768 e. The van der Waals surface area contributed by atoms with Gasteiger partial charge in [0.25, 0.3) is 0 Å². The van der Waals surface area contributed by atoms with Crippen LogP contribution in [-0.4, -0.2) is 10.6 Å². The molecule has 0 aromatic heterocycles. The third-order valence-electron chi connectivity index (χ3n) is 4.53. The molecule has 0 spiro atoms. The molecule has 21 heavy (non-hydrogen) atoms. The second-order valence-corrected chi connectivity index (χ2v) is 5.68. The molecule has 1 aromatic rings. The van der Waals surface area contributed by atoms with Crippen molar-refractivity contribution in [3.63, 3.8) is 0 Å². The fourth-order valence-corrected chi connectivity index (χ4v) is 3.54. The Morgan fingerprint density at radius 1 is 1.14 bits per heavy atom. The Hall–Kier alpha value is -2.61. The molecule has 1 aliphatic carbocycles. The molecule has 1 aromatic carbocycles. The summed E-state index contributed by atoms with van der Waals surface area (Å²) in [6, 6.07) is 8.47. The van der Waals surface area contributed by atoms with Gasteiger partial charge in [-0.15, -0.1) is 0 Å². The van der Waals surface area contributed by atoms with Crippen LogP contribution in [-0.2, 0) is 0 Å². The lowest BCUT2D eigenvalue weighted by Crippen LogP contribution is -2.29. The predicted octanol–water partition coefficient (Wildman–Crippen LogP) is 4.35. The van der Waals surface area contributed by atoms with E-state index >= 15 is 0 Å². The first-order chi connectivity index (χ1) is 10.4. The maximum atomic E-state index is 4.93. The molecule has 2 nitrogen and oxygen atoms in total. The number of nitrogens with zero attached hydrogens (tertiary/aromatic N) is 2. The van der Waals surface area contributed by atoms with Crippen molar-refractivity contribution in [3.05, 3.63) is 89.5 Å². The Morgan fingerprint density at radius 3 is 3.10 bits per heavy atom. The minimum absolute atomic E-state index is 0.304. The van der Waals surface area contributed by atoms with Crippen LogP contribution >= 0.6 is 0 Å². The maximum absolute atomic E-state index is 4.93. The largest absolute Gasteiger partial charge is 0.322 e. The number of aliphatic imine (C=N–C) groups is 1. The molecular weight excluding hydrogens is 256 g/mol. The Bertz CT molecular complexity index is 831. The lowest BCUT2D eigenvalue weighted by molar-refractivity contribution is 0.624. The lowest BCUT2D eigenvalue weighted by atomic mass is 9.85. The van der Waals surface area contributed by atoms with Gasteiger partial charge in [0.1, 0.15) is 0 Å². The van der Waals surface area contributed by atoms with Gasteiger partial charge in [0.05, 0.1) is 23.0 Å². The van der Waals surface area contributed by atoms with Gasteiger partial charge in [0, 0.05) is 12.4 Å². The molecule has 0 radical (unpaired) electrons. The second kappa shape index (κ2) is 3.95. The predicted molar refractivity (Wildman–Crippen MR) is 85.3 cm³/mol. The van der Waals surface area contributed by atoms with Crippen LogP contribution in [0.4, 0.5) is 5.69 Å². The van der Waals surface area contributed by atoms with Gasteiger partial charge in [0.15, 0.2) is 0 Å². The van der Waals surface area contributed by atoms with Gasteiger partial charge in [-0.2, -0.15) is 0 Å². The molecule has 4 aliphatic rings. The molecule has 1 atom stereocenters. The molecule has 2 heteroatoms. The highest BCUT2D eigenvalue weighted by molar-refractivity contribution is 6.12. The van der Waals surface area contributed by atoms with E-state index in [1.807, 2.05) is 0 Å². The van der Waals surface area contributed by atoms with E-state index in [-0.39, 0.29) is 0 Å². The summed E-state index contributed by atoms with van der Waals surface area (Å²) in [6.07, 6.45) is 16.3. The summed E-state index contributed by atoms with van der Waals surface area (Å²) in [5.41, 5.74) is 7.61. The zero-order valence-corrected chi connectivity index (χ0v) is 11.5. The van der Waals surface area contributed by atoms with Crippen molar-refractivity contribution in [3.8, 4) is 0 Å². The van der Waals surface area contributed by atoms with Crippen molar-refractivity contribution in [1.82, 2.24) is 4.90 Å². The third kappa shape index (κ3) is 1.44. The van der Waals surface area contributed by atoms with Gasteiger partial charge in [-0.3, -0.25) is 0 Å². The number of benzene rings is 1. The summed E-state index contributed by atoms with van der Waals surface area (Å²) >= 11 is 0. The van der Waals surface area contributed by atoms with Gasteiger partial charge in [0.2, 0.25) is 0 Å². The Labute approximate surface area is 123 Å². The average Bonchev–Trinajstić information content (AvgIpc) is 2.93. The fraction of sp³-hybridized carbons (Fsp3) is 0.105. The van der Waals surface area contributed by atoms with Gasteiger partial charge in [-0.05, 0) is 35.3 Å². The SMILES string of the molecule is C1=CCC2=C3C4=Nc5ccccc5C4C=CN3C=CC2=C1. The normalized spacial score (nSPS) is 24.2. The molecule has 0 amide bonds. The summed E-state index contributed by atoms with van der Waals surface area (Å²) in [5.74, 6) is 0.304. The fourth-order valence-electron chi connectivity index (χ4n) is 3.54. The summed E-state index contributed by atoms with van der Waals surface area (Å²) in [6.45, 7) is 0. The minimum atomic E-state index is 0.304.